The van der Waals surface area contributed by atoms with Gasteiger partial charge in [-0.1, -0.05) is 12.1 Å². The van der Waals surface area contributed by atoms with Crippen LogP contribution in [0.15, 0.2) is 47.0 Å². The number of rotatable bonds is 2. The molecule has 0 saturated carbocycles. The Morgan fingerprint density at radius 3 is 2.64 bits per heavy atom. The molecule has 2 heterocycles. The summed E-state index contributed by atoms with van der Waals surface area (Å²) in [5.74, 6) is -1.08. The average Bonchev–Trinajstić information content (AvgIpc) is 2.90. The molecule has 7 heteroatoms. The van der Waals surface area contributed by atoms with E-state index >= 15 is 0 Å². The third-order valence-electron chi connectivity index (χ3n) is 3.12. The second kappa shape index (κ2) is 4.87. The van der Waals surface area contributed by atoms with Gasteiger partial charge in [0.05, 0.1) is 10.9 Å². The minimum absolute atomic E-state index is 0.150. The van der Waals surface area contributed by atoms with E-state index in [1.54, 1.807) is 0 Å². The fourth-order valence-electron chi connectivity index (χ4n) is 2.12. The number of nitrogens with zero attached hydrogens (tertiary/aromatic N) is 1. The lowest BCUT2D eigenvalue weighted by molar-refractivity contribution is -0.137. The first-order chi connectivity index (χ1) is 10.4. The number of hydrogen-bond acceptors (Lipinski definition) is 3. The molecule has 2 aromatic heterocycles. The van der Waals surface area contributed by atoms with Crippen molar-refractivity contribution in [1.29, 1.82) is 0 Å². The first kappa shape index (κ1) is 14.1. The van der Waals surface area contributed by atoms with E-state index in [0.29, 0.717) is 0 Å². The lowest BCUT2D eigenvalue weighted by Gasteiger charge is -2.07. The van der Waals surface area contributed by atoms with E-state index in [9.17, 15) is 18.0 Å². The lowest BCUT2D eigenvalue weighted by Crippen LogP contribution is -2.04. The summed E-state index contributed by atoms with van der Waals surface area (Å²) >= 11 is 0. The van der Waals surface area contributed by atoms with Crippen LogP contribution < -0.4 is 0 Å². The number of furan rings is 1. The first-order valence-corrected chi connectivity index (χ1v) is 6.16. The maximum absolute atomic E-state index is 12.7. The molecule has 0 unspecified atom stereocenters. The number of aromatic carboxylic acids is 1. The Morgan fingerprint density at radius 1 is 1.18 bits per heavy atom. The summed E-state index contributed by atoms with van der Waals surface area (Å²) in [5, 5.41) is 9.30. The van der Waals surface area contributed by atoms with E-state index in [4.69, 9.17) is 9.52 Å². The third kappa shape index (κ3) is 2.41. The molecule has 3 rings (SSSR count). The Kier molecular flexibility index (Phi) is 3.13. The third-order valence-corrected chi connectivity index (χ3v) is 3.12. The molecule has 3 aromatic rings. The Labute approximate surface area is 121 Å². The zero-order valence-electron chi connectivity index (χ0n) is 10.9. The van der Waals surface area contributed by atoms with Gasteiger partial charge < -0.3 is 9.52 Å². The molecule has 0 saturated heterocycles. The topological polar surface area (TPSA) is 63.3 Å². The highest BCUT2D eigenvalue weighted by Crippen LogP contribution is 2.34. The summed E-state index contributed by atoms with van der Waals surface area (Å²) in [7, 11) is 0. The van der Waals surface area contributed by atoms with Crippen LogP contribution >= 0.6 is 0 Å². The molecule has 0 aliphatic carbocycles. The number of aromatic nitrogens is 1. The molecule has 0 fully saturated rings. The second-order valence-electron chi connectivity index (χ2n) is 4.57. The Morgan fingerprint density at radius 2 is 1.95 bits per heavy atom. The number of carboxylic acid groups (broad SMARTS) is 1. The maximum atomic E-state index is 12.7. The van der Waals surface area contributed by atoms with E-state index < -0.39 is 17.7 Å². The van der Waals surface area contributed by atoms with Crippen LogP contribution in [0, 0.1) is 0 Å². The number of hydrogen-bond donors (Lipinski definition) is 1. The number of halogens is 3. The summed E-state index contributed by atoms with van der Waals surface area (Å²) in [5.41, 5.74) is -0.552. The van der Waals surface area contributed by atoms with Crippen LogP contribution in [-0.4, -0.2) is 16.1 Å². The zero-order chi connectivity index (χ0) is 15.9. The smallest absolute Gasteiger partial charge is 0.416 e. The van der Waals surface area contributed by atoms with Crippen molar-refractivity contribution in [1.82, 2.24) is 4.98 Å². The molecule has 0 amide bonds. The number of carboxylic acids is 1. The van der Waals surface area contributed by atoms with Gasteiger partial charge in [-0.25, -0.2) is 9.78 Å². The monoisotopic (exact) mass is 307 g/mol. The summed E-state index contributed by atoms with van der Waals surface area (Å²) in [4.78, 5) is 14.8. The van der Waals surface area contributed by atoms with Gasteiger partial charge in [-0.3, -0.25) is 0 Å². The minimum atomic E-state index is -4.46. The molecule has 0 spiro atoms. The average molecular weight is 307 g/mol. The molecule has 112 valence electrons. The van der Waals surface area contributed by atoms with Gasteiger partial charge >= 0.3 is 12.1 Å². The molecule has 1 N–H and O–H groups in total. The van der Waals surface area contributed by atoms with E-state index in [-0.39, 0.29) is 28.0 Å². The molecular weight excluding hydrogens is 299 g/mol. The van der Waals surface area contributed by atoms with Crippen LogP contribution in [0.1, 0.15) is 16.1 Å². The molecule has 22 heavy (non-hydrogen) atoms. The van der Waals surface area contributed by atoms with Crippen LogP contribution in [0.2, 0.25) is 0 Å². The summed E-state index contributed by atoms with van der Waals surface area (Å²) in [6.45, 7) is 0. The standard InChI is InChI=1S/C15H8F3NO3/c16-15(17,18)9-3-1-2-8(6-9)12-7-10-11(22-12)4-5-19-13(10)14(20)21/h1-7H,(H,20,21). The van der Waals surface area contributed by atoms with Gasteiger partial charge in [-0.2, -0.15) is 13.2 Å². The first-order valence-electron chi connectivity index (χ1n) is 6.16. The Hall–Kier alpha value is -2.83. The van der Waals surface area contributed by atoms with Gasteiger partial charge in [0.2, 0.25) is 0 Å². The van der Waals surface area contributed by atoms with Crippen molar-refractivity contribution in [2.24, 2.45) is 0 Å². The Bertz CT molecular complexity index is 868. The van der Waals surface area contributed by atoms with Gasteiger partial charge in [0.25, 0.3) is 0 Å². The van der Waals surface area contributed by atoms with Crippen LogP contribution in [0.5, 0.6) is 0 Å². The summed E-state index contributed by atoms with van der Waals surface area (Å²) in [6.07, 6.45) is -3.19. The number of carbonyl (C=O) groups is 1. The van der Waals surface area contributed by atoms with Gasteiger partial charge in [0, 0.05) is 11.8 Å². The number of pyridine rings is 1. The minimum Gasteiger partial charge on any atom is -0.476 e. The van der Waals surface area contributed by atoms with Crippen LogP contribution in [0.3, 0.4) is 0 Å². The van der Waals surface area contributed by atoms with Crippen molar-refractivity contribution in [2.45, 2.75) is 6.18 Å². The van der Waals surface area contributed by atoms with Gasteiger partial charge in [-0.05, 0) is 24.3 Å². The highest BCUT2D eigenvalue weighted by Gasteiger charge is 2.30. The van der Waals surface area contributed by atoms with Gasteiger partial charge in [-0.15, -0.1) is 0 Å². The molecule has 0 radical (unpaired) electrons. The zero-order valence-corrected chi connectivity index (χ0v) is 10.9. The quantitative estimate of drug-likeness (QED) is 0.770. The van der Waals surface area contributed by atoms with Crippen molar-refractivity contribution >= 4 is 16.9 Å². The predicted octanol–water partition coefficient (Wildman–Crippen LogP) is 4.21. The fraction of sp³-hybridized carbons (Fsp3) is 0.0667. The number of fused-ring (bicyclic) bond motifs is 1. The largest absolute Gasteiger partial charge is 0.476 e. The molecular formula is C15H8F3NO3. The van der Waals surface area contributed by atoms with E-state index in [1.165, 1.54) is 30.5 Å². The number of benzene rings is 1. The van der Waals surface area contributed by atoms with E-state index in [1.807, 2.05) is 0 Å². The Balaban J connectivity index is 2.15. The molecule has 0 atom stereocenters. The summed E-state index contributed by atoms with van der Waals surface area (Å²) < 4.78 is 43.7. The number of alkyl halides is 3. The molecule has 4 nitrogen and oxygen atoms in total. The van der Waals surface area contributed by atoms with Crippen LogP contribution in [0.25, 0.3) is 22.3 Å². The molecule has 0 aliphatic rings. The highest BCUT2D eigenvalue weighted by molar-refractivity contribution is 6.01. The van der Waals surface area contributed by atoms with Crippen molar-refractivity contribution < 1.29 is 27.5 Å². The fourth-order valence-corrected chi connectivity index (χ4v) is 2.12. The SMILES string of the molecule is O=C(O)c1nccc2oc(-c3cccc(C(F)(F)F)c3)cc12. The van der Waals surface area contributed by atoms with Crippen molar-refractivity contribution in [2.75, 3.05) is 0 Å². The molecule has 0 bridgehead atoms. The second-order valence-corrected chi connectivity index (χ2v) is 4.57. The van der Waals surface area contributed by atoms with Crippen molar-refractivity contribution in [3.63, 3.8) is 0 Å². The summed E-state index contributed by atoms with van der Waals surface area (Å²) in [6, 6.07) is 7.46. The lowest BCUT2D eigenvalue weighted by atomic mass is 10.1. The molecule has 0 aliphatic heterocycles. The van der Waals surface area contributed by atoms with Crippen molar-refractivity contribution in [3.05, 3.63) is 53.9 Å². The van der Waals surface area contributed by atoms with Gasteiger partial charge in [0.1, 0.15) is 11.3 Å². The van der Waals surface area contributed by atoms with E-state index in [2.05, 4.69) is 4.98 Å². The van der Waals surface area contributed by atoms with E-state index in [0.717, 1.165) is 12.1 Å². The van der Waals surface area contributed by atoms with Crippen molar-refractivity contribution in [3.8, 4) is 11.3 Å². The highest BCUT2D eigenvalue weighted by atomic mass is 19.4. The predicted molar refractivity (Wildman–Crippen MR) is 71.4 cm³/mol. The van der Waals surface area contributed by atoms with Crippen LogP contribution in [0.4, 0.5) is 13.2 Å². The normalized spacial score (nSPS) is 11.8. The maximum Gasteiger partial charge on any atom is 0.416 e. The molecule has 1 aromatic carbocycles. The van der Waals surface area contributed by atoms with Crippen LogP contribution in [-0.2, 0) is 6.18 Å². The van der Waals surface area contributed by atoms with Gasteiger partial charge in [0.15, 0.2) is 5.69 Å².